The lowest BCUT2D eigenvalue weighted by Crippen LogP contribution is -2.48. The van der Waals surface area contributed by atoms with Crippen molar-refractivity contribution in [3.63, 3.8) is 0 Å². The average molecular weight is 296 g/mol. The van der Waals surface area contributed by atoms with Crippen LogP contribution in [0.15, 0.2) is 11.6 Å². The molecule has 0 saturated heterocycles. The van der Waals surface area contributed by atoms with Crippen LogP contribution >= 0.6 is 11.8 Å². The minimum Gasteiger partial charge on any atom is -0.450 e. The smallest absolute Gasteiger partial charge is 0.367 e. The topological polar surface area (TPSA) is 26.3 Å². The Labute approximate surface area is 127 Å². The first-order chi connectivity index (χ1) is 9.32. The molecule has 0 aromatic heterocycles. The normalized spacial score (nSPS) is 36.0. The number of ether oxygens (including phenoxy) is 1. The molecule has 0 aromatic carbocycles. The molecule has 2 nitrogen and oxygen atoms in total. The first-order valence-electron chi connectivity index (χ1n) is 7.79. The van der Waals surface area contributed by atoms with E-state index in [1.165, 1.54) is 31.0 Å². The average Bonchev–Trinajstić information content (AvgIpc) is 2.33. The maximum atomic E-state index is 11.8. The van der Waals surface area contributed by atoms with Crippen molar-refractivity contribution in [3.05, 3.63) is 11.6 Å². The molecule has 3 rings (SSSR count). The highest BCUT2D eigenvalue weighted by atomic mass is 32.2. The third-order valence-electron chi connectivity index (χ3n) is 5.49. The summed E-state index contributed by atoms with van der Waals surface area (Å²) in [5.74, 6) is 1.60. The van der Waals surface area contributed by atoms with Crippen LogP contribution in [-0.4, -0.2) is 17.2 Å². The van der Waals surface area contributed by atoms with E-state index in [1.54, 1.807) is 11.8 Å². The first kappa shape index (κ1) is 15.9. The van der Waals surface area contributed by atoms with Crippen LogP contribution in [0.2, 0.25) is 0 Å². The van der Waals surface area contributed by atoms with E-state index in [9.17, 15) is 4.79 Å². The minimum atomic E-state index is -0.406. The molecule has 0 N–H and O–H groups in total. The van der Waals surface area contributed by atoms with E-state index in [2.05, 4.69) is 33.8 Å². The van der Waals surface area contributed by atoms with Gasteiger partial charge in [0, 0.05) is 5.41 Å². The van der Waals surface area contributed by atoms with Crippen molar-refractivity contribution in [3.8, 4) is 0 Å². The summed E-state index contributed by atoms with van der Waals surface area (Å²) in [5.41, 5.74) is 1.12. The number of carbonyl (C=O) groups excluding carboxylic acids is 1. The lowest BCUT2D eigenvalue weighted by molar-refractivity contribution is -0.0533. The SMILES string of the molecule is CCC(C)(OC(=O)SC)C1(C)C=C2CC(C2)CC(C)C1. The van der Waals surface area contributed by atoms with Gasteiger partial charge in [-0.2, -0.15) is 0 Å². The number of rotatable bonds is 3. The molecule has 1 saturated carbocycles. The molecule has 20 heavy (non-hydrogen) atoms. The Kier molecular flexibility index (Phi) is 4.58. The molecule has 0 aromatic rings. The van der Waals surface area contributed by atoms with Crippen molar-refractivity contribution in [2.75, 3.05) is 6.26 Å². The Morgan fingerprint density at radius 1 is 1.55 bits per heavy atom. The lowest BCUT2D eigenvalue weighted by atomic mass is 9.60. The van der Waals surface area contributed by atoms with Gasteiger partial charge in [-0.1, -0.05) is 32.4 Å². The zero-order chi connectivity index (χ0) is 15.0. The first-order valence-corrected chi connectivity index (χ1v) is 9.02. The minimum absolute atomic E-state index is 0.0483. The van der Waals surface area contributed by atoms with Crippen molar-refractivity contribution in [2.45, 2.75) is 65.4 Å². The van der Waals surface area contributed by atoms with E-state index in [0.29, 0.717) is 5.92 Å². The summed E-state index contributed by atoms with van der Waals surface area (Å²) in [5, 5.41) is -0.157. The second kappa shape index (κ2) is 5.75. The van der Waals surface area contributed by atoms with Crippen molar-refractivity contribution < 1.29 is 9.53 Å². The molecule has 3 unspecified atom stereocenters. The van der Waals surface area contributed by atoms with Crippen LogP contribution in [0.4, 0.5) is 4.79 Å². The molecule has 0 spiro atoms. The fraction of sp³-hybridized carbons (Fsp3) is 0.824. The van der Waals surface area contributed by atoms with Gasteiger partial charge in [-0.3, -0.25) is 0 Å². The fourth-order valence-corrected chi connectivity index (χ4v) is 4.31. The molecule has 0 heterocycles. The van der Waals surface area contributed by atoms with Crippen LogP contribution in [0.5, 0.6) is 0 Å². The summed E-state index contributed by atoms with van der Waals surface area (Å²) < 4.78 is 5.87. The van der Waals surface area contributed by atoms with Gasteiger partial charge in [0.2, 0.25) is 0 Å². The van der Waals surface area contributed by atoms with E-state index in [4.69, 9.17) is 4.74 Å². The van der Waals surface area contributed by atoms with Gasteiger partial charge in [-0.05, 0) is 68.9 Å². The predicted octanol–water partition coefficient (Wildman–Crippen LogP) is 5.43. The molecule has 0 amide bonds. The second-order valence-corrected chi connectivity index (χ2v) is 7.92. The molecule has 2 bridgehead atoms. The molecule has 0 aliphatic heterocycles. The summed E-state index contributed by atoms with van der Waals surface area (Å²) in [4.78, 5) is 11.8. The molecular weight excluding hydrogens is 268 g/mol. The highest BCUT2D eigenvalue weighted by molar-refractivity contribution is 8.12. The maximum absolute atomic E-state index is 11.8. The van der Waals surface area contributed by atoms with Gasteiger partial charge in [0.1, 0.15) is 5.60 Å². The number of carbonyl (C=O) groups is 1. The summed E-state index contributed by atoms with van der Waals surface area (Å²) in [6, 6.07) is 0. The quantitative estimate of drug-likeness (QED) is 0.513. The molecule has 3 atom stereocenters. The standard InChI is InChI=1S/C17H28O2S/c1-6-17(4,19-15(18)20-5)16(3)10-12(2)7-13-8-14(9-13)11-16/h11-13H,6-10H2,1-5H3. The number of hydrogen-bond acceptors (Lipinski definition) is 3. The largest absolute Gasteiger partial charge is 0.450 e. The van der Waals surface area contributed by atoms with Crippen LogP contribution < -0.4 is 0 Å². The van der Waals surface area contributed by atoms with Crippen LogP contribution in [0.3, 0.4) is 0 Å². The molecule has 0 radical (unpaired) electrons. The number of allylic oxidation sites excluding steroid dienone is 1. The van der Waals surface area contributed by atoms with Crippen LogP contribution in [0.25, 0.3) is 0 Å². The number of thioether (sulfide) groups is 1. The molecular formula is C17H28O2S. The number of fused-ring (bicyclic) bond motifs is 4. The van der Waals surface area contributed by atoms with Gasteiger partial charge in [0.15, 0.2) is 0 Å². The lowest BCUT2D eigenvalue weighted by Gasteiger charge is -2.49. The van der Waals surface area contributed by atoms with E-state index in [1.807, 2.05) is 0 Å². The van der Waals surface area contributed by atoms with Crippen LogP contribution in [0, 0.1) is 17.3 Å². The molecule has 3 aliphatic carbocycles. The summed E-state index contributed by atoms with van der Waals surface area (Å²) >= 11 is 1.17. The Hall–Kier alpha value is -0.440. The van der Waals surface area contributed by atoms with Gasteiger partial charge in [-0.25, -0.2) is 4.79 Å². The Bertz CT molecular complexity index is 409. The molecule has 1 fully saturated rings. The highest BCUT2D eigenvalue weighted by Gasteiger charge is 2.48. The van der Waals surface area contributed by atoms with Crippen molar-refractivity contribution in [2.24, 2.45) is 17.3 Å². The molecule has 3 heteroatoms. The zero-order valence-electron chi connectivity index (χ0n) is 13.5. The molecule has 3 aliphatic rings. The van der Waals surface area contributed by atoms with Gasteiger partial charge in [-0.15, -0.1) is 0 Å². The Morgan fingerprint density at radius 2 is 2.20 bits per heavy atom. The summed E-state index contributed by atoms with van der Waals surface area (Å²) in [6.07, 6.45) is 10.0. The fourth-order valence-electron chi connectivity index (χ4n) is 4.04. The molecule has 114 valence electrons. The third-order valence-corrected chi connectivity index (χ3v) is 5.91. The maximum Gasteiger partial charge on any atom is 0.367 e. The van der Waals surface area contributed by atoms with Crippen LogP contribution in [-0.2, 0) is 4.74 Å². The zero-order valence-corrected chi connectivity index (χ0v) is 14.3. The third kappa shape index (κ3) is 2.93. The van der Waals surface area contributed by atoms with Gasteiger partial charge < -0.3 is 4.74 Å². The van der Waals surface area contributed by atoms with E-state index in [0.717, 1.165) is 18.8 Å². The Morgan fingerprint density at radius 3 is 2.75 bits per heavy atom. The number of hydrogen-bond donors (Lipinski definition) is 0. The monoisotopic (exact) mass is 296 g/mol. The van der Waals surface area contributed by atoms with E-state index < -0.39 is 5.60 Å². The Balaban J connectivity index is 2.30. The van der Waals surface area contributed by atoms with Gasteiger partial charge in [0.25, 0.3) is 0 Å². The summed E-state index contributed by atoms with van der Waals surface area (Å²) in [7, 11) is 0. The highest BCUT2D eigenvalue weighted by Crippen LogP contribution is 2.51. The summed E-state index contributed by atoms with van der Waals surface area (Å²) in [6.45, 7) is 8.88. The van der Waals surface area contributed by atoms with Crippen LogP contribution in [0.1, 0.15) is 59.8 Å². The van der Waals surface area contributed by atoms with E-state index in [-0.39, 0.29) is 10.7 Å². The second-order valence-electron chi connectivity index (χ2n) is 7.18. The van der Waals surface area contributed by atoms with Crippen molar-refractivity contribution in [1.82, 2.24) is 0 Å². The van der Waals surface area contributed by atoms with Gasteiger partial charge >= 0.3 is 5.30 Å². The van der Waals surface area contributed by atoms with Gasteiger partial charge in [0.05, 0.1) is 0 Å². The van der Waals surface area contributed by atoms with Crippen molar-refractivity contribution >= 4 is 17.1 Å². The predicted molar refractivity (Wildman–Crippen MR) is 86.0 cm³/mol. The van der Waals surface area contributed by atoms with E-state index >= 15 is 0 Å². The van der Waals surface area contributed by atoms with Crippen molar-refractivity contribution in [1.29, 1.82) is 0 Å².